The predicted octanol–water partition coefficient (Wildman–Crippen LogP) is 1.28. The Morgan fingerprint density at radius 2 is 2.12 bits per heavy atom. The molecule has 0 aromatic carbocycles. The van der Waals surface area contributed by atoms with Crippen LogP contribution in [0.5, 0.6) is 0 Å². The molecule has 0 amide bonds. The highest BCUT2D eigenvalue weighted by atomic mass is 16.1. The molecule has 1 aromatic rings. The molecule has 1 aromatic heterocycles. The number of aryl methyl sites for hydroxylation is 1. The first kappa shape index (κ1) is 12.5. The Bertz CT molecular complexity index is 454. The summed E-state index contributed by atoms with van der Waals surface area (Å²) in [6.45, 7) is 2.82. The van der Waals surface area contributed by atoms with Gasteiger partial charge in [0.1, 0.15) is 0 Å². The van der Waals surface area contributed by atoms with Gasteiger partial charge in [-0.15, -0.1) is 0 Å². The summed E-state index contributed by atoms with van der Waals surface area (Å²) in [7, 11) is 0. The summed E-state index contributed by atoms with van der Waals surface area (Å²) < 4.78 is 1.47. The fourth-order valence-electron chi connectivity index (χ4n) is 1.59. The summed E-state index contributed by atoms with van der Waals surface area (Å²) in [5, 5.41) is 2.91. The standard InChI is InChI=1S/C11H18N4O/c1-2-3-4-5-6-9-15-11(16)10(14-12)7-8-13-15/h7-8,13H,2-6,9H2,1H3. The lowest BCUT2D eigenvalue weighted by molar-refractivity contribution is -0.0683. The SMILES string of the molecule is CCCCCCCn1[nH]ccc(=[N+]=[N-])c1=O. The molecule has 1 N–H and O–H groups in total. The Labute approximate surface area is 94.3 Å². The van der Waals surface area contributed by atoms with E-state index in [4.69, 9.17) is 5.53 Å². The van der Waals surface area contributed by atoms with Gasteiger partial charge in [0.25, 0.3) is 0 Å². The van der Waals surface area contributed by atoms with E-state index in [1.165, 1.54) is 30.0 Å². The lowest BCUT2D eigenvalue weighted by atomic mass is 10.1. The summed E-state index contributed by atoms with van der Waals surface area (Å²) in [4.78, 5) is 14.5. The highest BCUT2D eigenvalue weighted by molar-refractivity contribution is 4.82. The first-order valence-electron chi connectivity index (χ1n) is 5.76. The van der Waals surface area contributed by atoms with Gasteiger partial charge in [-0.05, 0) is 6.42 Å². The zero-order chi connectivity index (χ0) is 11.8. The van der Waals surface area contributed by atoms with Gasteiger partial charge in [0, 0.05) is 12.7 Å². The van der Waals surface area contributed by atoms with Crippen LogP contribution in [0.1, 0.15) is 39.0 Å². The van der Waals surface area contributed by atoms with E-state index in [0.29, 0.717) is 6.54 Å². The van der Waals surface area contributed by atoms with Crippen molar-refractivity contribution in [2.24, 2.45) is 0 Å². The predicted molar refractivity (Wildman–Crippen MR) is 60.6 cm³/mol. The Morgan fingerprint density at radius 1 is 1.38 bits per heavy atom. The minimum absolute atomic E-state index is 0.0762. The van der Waals surface area contributed by atoms with E-state index < -0.39 is 0 Å². The lowest BCUT2D eigenvalue weighted by Gasteiger charge is -2.03. The smallest absolute Gasteiger partial charge is 0.361 e. The van der Waals surface area contributed by atoms with Crippen LogP contribution in [0.2, 0.25) is 0 Å². The van der Waals surface area contributed by atoms with Crippen molar-refractivity contribution < 1.29 is 4.79 Å². The molecule has 0 saturated heterocycles. The van der Waals surface area contributed by atoms with E-state index >= 15 is 0 Å². The first-order chi connectivity index (χ1) is 7.79. The van der Waals surface area contributed by atoms with Crippen molar-refractivity contribution in [2.45, 2.75) is 45.6 Å². The molecule has 0 aliphatic carbocycles. The van der Waals surface area contributed by atoms with E-state index in [9.17, 15) is 4.79 Å². The van der Waals surface area contributed by atoms with Crippen molar-refractivity contribution in [2.75, 3.05) is 0 Å². The monoisotopic (exact) mass is 222 g/mol. The topological polar surface area (TPSA) is 74.2 Å². The van der Waals surface area contributed by atoms with Gasteiger partial charge in [0.2, 0.25) is 0 Å². The van der Waals surface area contributed by atoms with Crippen LogP contribution in [0.25, 0.3) is 5.53 Å². The van der Waals surface area contributed by atoms with Crippen LogP contribution in [0.15, 0.2) is 17.1 Å². The fraction of sp³-hybridized carbons (Fsp3) is 0.636. The van der Waals surface area contributed by atoms with Crippen LogP contribution in [-0.2, 0) is 6.54 Å². The number of hydrogen-bond acceptors (Lipinski definition) is 1. The molecule has 88 valence electrons. The highest BCUT2D eigenvalue weighted by Gasteiger charge is 2.02. The maximum Gasteiger partial charge on any atom is 0.382 e. The molecule has 0 unspecified atom stereocenters. The highest BCUT2D eigenvalue weighted by Crippen LogP contribution is 2.02. The Morgan fingerprint density at radius 3 is 2.81 bits per heavy atom. The molecule has 16 heavy (non-hydrogen) atoms. The van der Waals surface area contributed by atoms with E-state index in [0.717, 1.165) is 12.8 Å². The number of unbranched alkanes of at least 4 members (excludes halogenated alkanes) is 4. The number of H-pyrrole nitrogens is 1. The quantitative estimate of drug-likeness (QED) is 0.439. The molecule has 0 bridgehead atoms. The van der Waals surface area contributed by atoms with Gasteiger partial charge in [0.15, 0.2) is 0 Å². The van der Waals surface area contributed by atoms with Crippen molar-refractivity contribution in [1.82, 2.24) is 9.78 Å². The van der Waals surface area contributed by atoms with E-state index in [-0.39, 0.29) is 10.9 Å². The third-order valence-corrected chi connectivity index (χ3v) is 2.53. The molecule has 0 fully saturated rings. The number of hydrogen-bond donors (Lipinski definition) is 1. The largest absolute Gasteiger partial charge is 0.382 e. The third kappa shape index (κ3) is 3.51. The fourth-order valence-corrected chi connectivity index (χ4v) is 1.59. The average Bonchev–Trinajstić information content (AvgIpc) is 2.31. The maximum absolute atomic E-state index is 11.6. The van der Waals surface area contributed by atoms with Crippen LogP contribution >= 0.6 is 0 Å². The van der Waals surface area contributed by atoms with E-state index in [1.54, 1.807) is 6.20 Å². The first-order valence-corrected chi connectivity index (χ1v) is 5.76. The minimum atomic E-state index is -0.277. The second-order valence-electron chi connectivity index (χ2n) is 3.82. The molecule has 0 spiro atoms. The molecule has 0 saturated carbocycles. The molecule has 1 rings (SSSR count). The second-order valence-corrected chi connectivity index (χ2v) is 3.82. The van der Waals surface area contributed by atoms with Crippen molar-refractivity contribution in [3.05, 3.63) is 33.5 Å². The van der Waals surface area contributed by atoms with Crippen molar-refractivity contribution in [3.8, 4) is 0 Å². The summed E-state index contributed by atoms with van der Waals surface area (Å²) >= 11 is 0. The average molecular weight is 222 g/mol. The van der Waals surface area contributed by atoms with Gasteiger partial charge in [-0.1, -0.05) is 32.6 Å². The summed E-state index contributed by atoms with van der Waals surface area (Å²) in [6.07, 6.45) is 7.34. The van der Waals surface area contributed by atoms with E-state index in [2.05, 4.69) is 16.8 Å². The molecule has 0 aliphatic heterocycles. The molecular formula is C11H18N4O. The number of rotatable bonds is 6. The van der Waals surface area contributed by atoms with Crippen molar-refractivity contribution >= 4 is 0 Å². The summed E-state index contributed by atoms with van der Waals surface area (Å²) in [6, 6.07) is 1.45. The molecule has 0 aliphatic rings. The Hall–Kier alpha value is -1.61. The van der Waals surface area contributed by atoms with E-state index in [1.807, 2.05) is 0 Å². The van der Waals surface area contributed by atoms with Crippen LogP contribution in [-0.4, -0.2) is 14.6 Å². The molecule has 5 heteroatoms. The van der Waals surface area contributed by atoms with Crippen LogP contribution in [0.3, 0.4) is 0 Å². The molecule has 0 atom stereocenters. The number of aromatic nitrogens is 2. The molecule has 5 nitrogen and oxygen atoms in total. The Kier molecular flexibility index (Phi) is 5.29. The zero-order valence-electron chi connectivity index (χ0n) is 9.65. The maximum atomic E-state index is 11.6. The third-order valence-electron chi connectivity index (χ3n) is 2.53. The van der Waals surface area contributed by atoms with Crippen LogP contribution < -0.4 is 10.9 Å². The van der Waals surface area contributed by atoms with Gasteiger partial charge >= 0.3 is 10.9 Å². The van der Waals surface area contributed by atoms with Gasteiger partial charge in [0.05, 0.1) is 6.07 Å². The van der Waals surface area contributed by atoms with Crippen molar-refractivity contribution in [3.63, 3.8) is 0 Å². The number of nitrogens with one attached hydrogen (secondary N) is 1. The van der Waals surface area contributed by atoms with Crippen molar-refractivity contribution in [1.29, 1.82) is 0 Å². The summed E-state index contributed by atoms with van der Waals surface area (Å²) in [5.74, 6) is 0. The number of aromatic amines is 1. The second kappa shape index (κ2) is 6.80. The van der Waals surface area contributed by atoms with Crippen LogP contribution in [0.4, 0.5) is 0 Å². The molecular weight excluding hydrogens is 204 g/mol. The van der Waals surface area contributed by atoms with Gasteiger partial charge in [-0.3, -0.25) is 4.79 Å². The van der Waals surface area contributed by atoms with Gasteiger partial charge < -0.3 is 10.6 Å². The van der Waals surface area contributed by atoms with Gasteiger partial charge in [-0.25, -0.2) is 4.68 Å². The summed E-state index contributed by atoms with van der Waals surface area (Å²) in [5.41, 5.74) is 8.30. The zero-order valence-corrected chi connectivity index (χ0v) is 9.65. The number of nitrogens with zero attached hydrogens (tertiary/aromatic N) is 3. The van der Waals surface area contributed by atoms with Crippen LogP contribution in [0, 0.1) is 0 Å². The van der Waals surface area contributed by atoms with Gasteiger partial charge in [-0.2, -0.15) is 4.79 Å². The normalized spacial score (nSPS) is 10.1. The Balaban J connectivity index is 2.55. The molecule has 0 radical (unpaired) electrons. The lowest BCUT2D eigenvalue weighted by Crippen LogP contribution is -2.36. The minimum Gasteiger partial charge on any atom is -0.361 e. The molecule has 1 heterocycles.